The quantitative estimate of drug-likeness (QED) is 0.903. The second kappa shape index (κ2) is 5.79. The summed E-state index contributed by atoms with van der Waals surface area (Å²) in [4.78, 5) is 4.35. The van der Waals surface area contributed by atoms with Gasteiger partial charge in [-0.05, 0) is 38.2 Å². The molecule has 2 aromatic heterocycles. The standard InChI is InChI=1S/C16H22N4O3S/c1-3-15-14-8-13(9-17-16(14)23-19-15)24(21,22)20(2)12-6-10-4-5-11(7-12)18-10/h8-12,18H,3-7H2,1-2H3. The van der Waals surface area contributed by atoms with E-state index >= 15 is 0 Å². The van der Waals surface area contributed by atoms with Crippen molar-refractivity contribution < 1.29 is 12.9 Å². The number of hydrogen-bond acceptors (Lipinski definition) is 6. The third-order valence-corrected chi connectivity index (χ3v) is 7.23. The van der Waals surface area contributed by atoms with E-state index in [0.717, 1.165) is 31.4 Å². The molecule has 0 spiro atoms. The maximum Gasteiger partial charge on any atom is 0.258 e. The zero-order chi connectivity index (χ0) is 16.9. The second-order valence-corrected chi connectivity index (χ2v) is 8.79. The molecule has 4 heterocycles. The van der Waals surface area contributed by atoms with Gasteiger partial charge in [-0.1, -0.05) is 12.1 Å². The van der Waals surface area contributed by atoms with Crippen LogP contribution in [0.5, 0.6) is 0 Å². The van der Waals surface area contributed by atoms with E-state index < -0.39 is 10.0 Å². The average Bonchev–Trinajstić information content (AvgIpc) is 3.15. The molecule has 2 aliphatic heterocycles. The second-order valence-electron chi connectivity index (χ2n) is 6.79. The van der Waals surface area contributed by atoms with Crippen LogP contribution in [0.2, 0.25) is 0 Å². The first-order valence-electron chi connectivity index (χ1n) is 8.47. The predicted octanol–water partition coefficient (Wildman–Crippen LogP) is 1.69. The Hall–Kier alpha value is -1.51. The molecule has 2 saturated heterocycles. The number of aryl methyl sites for hydroxylation is 1. The summed E-state index contributed by atoms with van der Waals surface area (Å²) < 4.78 is 32.8. The van der Waals surface area contributed by atoms with Gasteiger partial charge in [-0.25, -0.2) is 13.4 Å². The molecule has 2 bridgehead atoms. The molecule has 2 aromatic rings. The topological polar surface area (TPSA) is 88.3 Å². The summed E-state index contributed by atoms with van der Waals surface area (Å²) in [5.74, 6) is 0. The summed E-state index contributed by atoms with van der Waals surface area (Å²) >= 11 is 0. The number of pyridine rings is 1. The molecule has 0 aromatic carbocycles. The van der Waals surface area contributed by atoms with Crippen molar-refractivity contribution in [1.29, 1.82) is 0 Å². The van der Waals surface area contributed by atoms with Gasteiger partial charge in [0.05, 0.1) is 17.3 Å². The molecule has 1 N–H and O–H groups in total. The molecule has 0 saturated carbocycles. The summed E-state index contributed by atoms with van der Waals surface area (Å²) in [6.45, 7) is 1.95. The number of nitrogens with one attached hydrogen (secondary N) is 1. The van der Waals surface area contributed by atoms with Gasteiger partial charge in [-0.2, -0.15) is 4.31 Å². The van der Waals surface area contributed by atoms with Crippen molar-refractivity contribution in [2.45, 2.75) is 62.0 Å². The average molecular weight is 350 g/mol. The van der Waals surface area contributed by atoms with Crippen molar-refractivity contribution in [2.75, 3.05) is 7.05 Å². The fourth-order valence-corrected chi connectivity index (χ4v) is 5.29. The molecular formula is C16H22N4O3S. The zero-order valence-electron chi connectivity index (χ0n) is 13.9. The molecule has 2 fully saturated rings. The Bertz CT molecular complexity index is 851. The van der Waals surface area contributed by atoms with Crippen LogP contribution in [0.4, 0.5) is 0 Å². The zero-order valence-corrected chi connectivity index (χ0v) is 14.7. The minimum atomic E-state index is -3.58. The van der Waals surface area contributed by atoms with Crippen LogP contribution in [0.3, 0.4) is 0 Å². The SMILES string of the molecule is CCc1noc2ncc(S(=O)(=O)N(C)C3CC4CCC(C3)N4)cc12. The van der Waals surface area contributed by atoms with Crippen molar-refractivity contribution >= 4 is 21.1 Å². The van der Waals surface area contributed by atoms with Crippen LogP contribution >= 0.6 is 0 Å². The summed E-state index contributed by atoms with van der Waals surface area (Å²) in [7, 11) is -1.89. The normalized spacial score (nSPS) is 27.2. The summed E-state index contributed by atoms with van der Waals surface area (Å²) in [6, 6.07) is 2.56. The number of rotatable bonds is 4. The van der Waals surface area contributed by atoms with Crippen LogP contribution in [0.1, 0.15) is 38.3 Å². The molecule has 130 valence electrons. The van der Waals surface area contributed by atoms with Crippen molar-refractivity contribution in [1.82, 2.24) is 19.8 Å². The molecular weight excluding hydrogens is 328 g/mol. The van der Waals surface area contributed by atoms with Crippen LogP contribution < -0.4 is 5.32 Å². The van der Waals surface area contributed by atoms with Crippen LogP contribution in [0.25, 0.3) is 11.1 Å². The first-order chi connectivity index (χ1) is 11.5. The number of hydrogen-bond donors (Lipinski definition) is 1. The molecule has 7 nitrogen and oxygen atoms in total. The van der Waals surface area contributed by atoms with Gasteiger partial charge in [0, 0.05) is 25.2 Å². The van der Waals surface area contributed by atoms with Gasteiger partial charge in [0.25, 0.3) is 5.71 Å². The van der Waals surface area contributed by atoms with Crippen LogP contribution in [-0.2, 0) is 16.4 Å². The van der Waals surface area contributed by atoms with Crippen molar-refractivity contribution in [2.24, 2.45) is 0 Å². The van der Waals surface area contributed by atoms with Crippen LogP contribution in [-0.4, -0.2) is 48.0 Å². The molecule has 2 unspecified atom stereocenters. The summed E-state index contributed by atoms with van der Waals surface area (Å²) in [5.41, 5.74) is 1.12. The lowest BCUT2D eigenvalue weighted by Gasteiger charge is -2.34. The highest BCUT2D eigenvalue weighted by atomic mass is 32.2. The Morgan fingerprint density at radius 1 is 1.33 bits per heavy atom. The minimum absolute atomic E-state index is 0.0394. The van der Waals surface area contributed by atoms with Crippen LogP contribution in [0.15, 0.2) is 21.7 Å². The number of fused-ring (bicyclic) bond motifs is 3. The Morgan fingerprint density at radius 3 is 2.71 bits per heavy atom. The van der Waals surface area contributed by atoms with Crippen LogP contribution in [0, 0.1) is 0 Å². The smallest absolute Gasteiger partial charge is 0.258 e. The first kappa shape index (κ1) is 16.0. The Labute approximate surface area is 141 Å². The van der Waals surface area contributed by atoms with Gasteiger partial charge in [-0.3, -0.25) is 0 Å². The third-order valence-electron chi connectivity index (χ3n) is 5.35. The molecule has 4 rings (SSSR count). The highest BCUT2D eigenvalue weighted by Gasteiger charge is 2.39. The molecule has 0 aliphatic carbocycles. The van der Waals surface area contributed by atoms with Gasteiger partial charge in [0.2, 0.25) is 10.0 Å². The van der Waals surface area contributed by atoms with Gasteiger partial charge < -0.3 is 9.84 Å². The minimum Gasteiger partial charge on any atom is -0.336 e. The van der Waals surface area contributed by atoms with E-state index in [9.17, 15) is 8.42 Å². The molecule has 2 aliphatic rings. The maximum absolute atomic E-state index is 13.0. The largest absolute Gasteiger partial charge is 0.336 e. The Morgan fingerprint density at radius 2 is 2.04 bits per heavy atom. The fraction of sp³-hybridized carbons (Fsp3) is 0.625. The highest BCUT2D eigenvalue weighted by molar-refractivity contribution is 7.89. The Kier molecular flexibility index (Phi) is 3.85. The molecule has 8 heteroatoms. The number of nitrogens with zero attached hydrogens (tertiary/aromatic N) is 3. The molecule has 2 atom stereocenters. The fourth-order valence-electron chi connectivity index (χ4n) is 3.94. The van der Waals surface area contributed by atoms with E-state index in [-0.39, 0.29) is 10.9 Å². The van der Waals surface area contributed by atoms with Crippen molar-refractivity contribution in [3.8, 4) is 0 Å². The van der Waals surface area contributed by atoms with Gasteiger partial charge in [0.1, 0.15) is 4.90 Å². The lowest BCUT2D eigenvalue weighted by Crippen LogP contribution is -2.48. The van der Waals surface area contributed by atoms with E-state index in [1.165, 1.54) is 10.5 Å². The van der Waals surface area contributed by atoms with Crippen molar-refractivity contribution in [3.05, 3.63) is 18.0 Å². The lowest BCUT2D eigenvalue weighted by molar-refractivity contribution is 0.251. The van der Waals surface area contributed by atoms with Gasteiger partial charge in [-0.15, -0.1) is 0 Å². The van der Waals surface area contributed by atoms with Crippen molar-refractivity contribution in [3.63, 3.8) is 0 Å². The van der Waals surface area contributed by atoms with Gasteiger partial charge >= 0.3 is 0 Å². The monoisotopic (exact) mass is 350 g/mol. The maximum atomic E-state index is 13.0. The summed E-state index contributed by atoms with van der Waals surface area (Å²) in [6.07, 6.45) is 6.07. The van der Waals surface area contributed by atoms with Gasteiger partial charge in [0.15, 0.2) is 0 Å². The number of sulfonamides is 1. The van der Waals surface area contributed by atoms with E-state index in [1.54, 1.807) is 13.1 Å². The van der Waals surface area contributed by atoms with E-state index in [1.807, 2.05) is 6.92 Å². The third kappa shape index (κ3) is 2.53. The Balaban J connectivity index is 1.66. The highest BCUT2D eigenvalue weighted by Crippen LogP contribution is 2.32. The van der Waals surface area contributed by atoms with E-state index in [4.69, 9.17) is 4.52 Å². The molecule has 0 amide bonds. The number of aromatic nitrogens is 2. The first-order valence-corrected chi connectivity index (χ1v) is 9.91. The molecule has 24 heavy (non-hydrogen) atoms. The van der Waals surface area contributed by atoms with E-state index in [0.29, 0.717) is 29.6 Å². The number of piperidine rings is 1. The van der Waals surface area contributed by atoms with E-state index in [2.05, 4.69) is 15.5 Å². The molecule has 0 radical (unpaired) electrons. The summed E-state index contributed by atoms with van der Waals surface area (Å²) in [5, 5.41) is 8.17. The lowest BCUT2D eigenvalue weighted by atomic mass is 10.0. The predicted molar refractivity (Wildman–Crippen MR) is 89.1 cm³/mol.